The molecule has 18 heavy (non-hydrogen) atoms. The zero-order chi connectivity index (χ0) is 13.4. The smallest absolute Gasteiger partial charge is 0.480 e. The number of rotatable bonds is 3. The summed E-state index contributed by atoms with van der Waals surface area (Å²) in [7, 11) is 0. The first kappa shape index (κ1) is 12.6. The van der Waals surface area contributed by atoms with E-state index in [9.17, 15) is 14.7 Å². The Morgan fingerprint density at radius 3 is 2.22 bits per heavy atom. The fourth-order valence-corrected chi connectivity index (χ4v) is 2.67. The second-order valence-corrected chi connectivity index (χ2v) is 5.25. The number of hydrogen-bond donors (Lipinski definition) is 2. The molecular weight excluding hydrogens is 234 g/mol. The fourth-order valence-electron chi connectivity index (χ4n) is 2.67. The summed E-state index contributed by atoms with van der Waals surface area (Å²) >= 11 is 0. The van der Waals surface area contributed by atoms with Gasteiger partial charge in [0.2, 0.25) is 0 Å². The number of carbonyl (C=O) groups is 2. The van der Waals surface area contributed by atoms with Crippen LogP contribution in [0.3, 0.4) is 0 Å². The summed E-state index contributed by atoms with van der Waals surface area (Å²) in [4.78, 5) is 22.5. The van der Waals surface area contributed by atoms with E-state index in [1.54, 1.807) is 6.92 Å². The number of quaternary nitrogens is 1. The average molecular weight is 250 g/mol. The van der Waals surface area contributed by atoms with Gasteiger partial charge in [-0.05, 0) is 6.92 Å². The van der Waals surface area contributed by atoms with Crippen LogP contribution in [-0.2, 0) is 11.3 Å². The highest BCUT2D eigenvalue weighted by molar-refractivity contribution is 5.76. The van der Waals surface area contributed by atoms with Gasteiger partial charge in [0.25, 0.3) is 0 Å². The Morgan fingerprint density at radius 2 is 1.78 bits per heavy atom. The van der Waals surface area contributed by atoms with Gasteiger partial charge in [0.05, 0.1) is 0 Å². The molecule has 5 heteroatoms. The summed E-state index contributed by atoms with van der Waals surface area (Å²) in [5, 5.41) is 18.4. The molecule has 1 aromatic carbocycles. The van der Waals surface area contributed by atoms with Gasteiger partial charge in [-0.1, -0.05) is 30.3 Å². The van der Waals surface area contributed by atoms with Crippen molar-refractivity contribution in [1.29, 1.82) is 0 Å². The zero-order valence-electron chi connectivity index (χ0n) is 10.2. The first-order chi connectivity index (χ1) is 8.38. The van der Waals surface area contributed by atoms with Crippen molar-refractivity contribution in [3.05, 3.63) is 35.9 Å². The molecule has 0 atom stereocenters. The number of hydrogen-bond acceptors (Lipinski definition) is 2. The van der Waals surface area contributed by atoms with E-state index in [0.29, 0.717) is 6.54 Å². The third kappa shape index (κ3) is 1.97. The molecule has 1 aromatic rings. The van der Waals surface area contributed by atoms with E-state index in [4.69, 9.17) is 5.11 Å². The van der Waals surface area contributed by atoms with Gasteiger partial charge in [-0.3, -0.25) is 4.79 Å². The van der Waals surface area contributed by atoms with Gasteiger partial charge in [0.15, 0.2) is 5.41 Å². The molecule has 1 amide bonds. The maximum Gasteiger partial charge on any atom is 0.513 e. The lowest BCUT2D eigenvalue weighted by molar-refractivity contribution is -0.926. The van der Waals surface area contributed by atoms with Gasteiger partial charge >= 0.3 is 12.1 Å². The molecule has 0 unspecified atom stereocenters. The molecule has 1 aliphatic heterocycles. The van der Waals surface area contributed by atoms with Crippen molar-refractivity contribution < 1.29 is 24.3 Å². The summed E-state index contributed by atoms with van der Waals surface area (Å²) < 4.78 is -0.202. The highest BCUT2D eigenvalue weighted by atomic mass is 16.4. The molecule has 96 valence electrons. The molecule has 2 rings (SSSR count). The topological polar surface area (TPSA) is 74.6 Å². The highest BCUT2D eigenvalue weighted by Gasteiger charge is 2.62. The number of carboxylic acids is 1. The van der Waals surface area contributed by atoms with Gasteiger partial charge in [-0.25, -0.2) is 4.48 Å². The molecule has 0 spiro atoms. The van der Waals surface area contributed by atoms with Crippen LogP contribution < -0.4 is 0 Å². The monoisotopic (exact) mass is 250 g/mol. The fraction of sp³-hybridized carbons (Fsp3) is 0.385. The summed E-state index contributed by atoms with van der Waals surface area (Å²) in [5.74, 6) is -0.925. The number of likely N-dealkylation sites (tertiary alicyclic amines) is 1. The van der Waals surface area contributed by atoms with Crippen molar-refractivity contribution in [3.63, 3.8) is 0 Å². The van der Waals surface area contributed by atoms with E-state index >= 15 is 0 Å². The second-order valence-electron chi connectivity index (χ2n) is 5.25. The average Bonchev–Trinajstić information content (AvgIpc) is 2.27. The SMILES string of the molecule is CC1(C(=O)O)C[N+](Cc2ccccc2)(C(=O)O)C1. The second kappa shape index (κ2) is 4.10. The van der Waals surface area contributed by atoms with E-state index in [1.165, 1.54) is 0 Å². The van der Waals surface area contributed by atoms with Gasteiger partial charge < -0.3 is 10.2 Å². The summed E-state index contributed by atoms with van der Waals surface area (Å²) in [6.45, 7) is 2.19. The van der Waals surface area contributed by atoms with Crippen LogP contribution in [0.15, 0.2) is 30.3 Å². The van der Waals surface area contributed by atoms with Crippen LogP contribution >= 0.6 is 0 Å². The van der Waals surface area contributed by atoms with Gasteiger partial charge in [0.1, 0.15) is 19.6 Å². The van der Waals surface area contributed by atoms with Crippen molar-refractivity contribution in [2.24, 2.45) is 5.41 Å². The predicted molar refractivity (Wildman–Crippen MR) is 63.9 cm³/mol. The van der Waals surface area contributed by atoms with Crippen molar-refractivity contribution in [2.75, 3.05) is 13.1 Å². The number of carboxylic acid groups (broad SMARTS) is 2. The first-order valence-electron chi connectivity index (χ1n) is 5.75. The minimum atomic E-state index is -0.961. The van der Waals surface area contributed by atoms with Crippen molar-refractivity contribution >= 4 is 12.1 Å². The molecule has 2 N–H and O–H groups in total. The third-order valence-electron chi connectivity index (χ3n) is 3.55. The Kier molecular flexibility index (Phi) is 2.86. The molecule has 1 heterocycles. The third-order valence-corrected chi connectivity index (χ3v) is 3.55. The normalized spacial score (nSPS) is 30.5. The summed E-state index contributed by atoms with van der Waals surface area (Å²) in [6, 6.07) is 9.29. The maximum absolute atomic E-state index is 11.4. The number of nitrogens with zero attached hydrogens (tertiary/aromatic N) is 1. The summed E-state index contributed by atoms with van der Waals surface area (Å²) in [6.07, 6.45) is -0.961. The first-order valence-corrected chi connectivity index (χ1v) is 5.75. The molecule has 0 radical (unpaired) electrons. The zero-order valence-corrected chi connectivity index (χ0v) is 10.2. The quantitative estimate of drug-likeness (QED) is 0.802. The van der Waals surface area contributed by atoms with Crippen LogP contribution in [0, 0.1) is 5.41 Å². The van der Waals surface area contributed by atoms with Gasteiger partial charge in [-0.15, -0.1) is 0 Å². The predicted octanol–water partition coefficient (Wildman–Crippen LogP) is 1.79. The minimum Gasteiger partial charge on any atom is -0.480 e. The van der Waals surface area contributed by atoms with E-state index in [0.717, 1.165) is 5.56 Å². The van der Waals surface area contributed by atoms with Crippen LogP contribution in [0.5, 0.6) is 0 Å². The van der Waals surface area contributed by atoms with E-state index in [1.807, 2.05) is 30.3 Å². The highest BCUT2D eigenvalue weighted by Crippen LogP contribution is 2.39. The minimum absolute atomic E-state index is 0.132. The Hall–Kier alpha value is -1.88. The molecule has 0 saturated carbocycles. The Morgan fingerprint density at radius 1 is 1.22 bits per heavy atom. The van der Waals surface area contributed by atoms with E-state index < -0.39 is 17.5 Å². The largest absolute Gasteiger partial charge is 0.513 e. The lowest BCUT2D eigenvalue weighted by atomic mass is 9.79. The molecule has 1 saturated heterocycles. The Bertz CT molecular complexity index is 477. The summed E-state index contributed by atoms with van der Waals surface area (Å²) in [5.41, 5.74) is -0.0139. The Balaban J connectivity index is 2.18. The number of benzene rings is 1. The van der Waals surface area contributed by atoms with Crippen LogP contribution in [0.2, 0.25) is 0 Å². The Labute approximate surface area is 105 Å². The maximum atomic E-state index is 11.4. The standard InChI is InChI=1S/C13H15NO4/c1-13(11(15)16)8-14(9-13,12(17)18)7-10-5-3-2-4-6-10/h2-6H,7-9H2,1H3,(H-,15,16,17,18)/p+1. The number of aliphatic carboxylic acids is 1. The van der Waals surface area contributed by atoms with Crippen LogP contribution in [-0.4, -0.2) is 39.8 Å². The van der Waals surface area contributed by atoms with E-state index in [-0.39, 0.29) is 17.6 Å². The van der Waals surface area contributed by atoms with Crippen LogP contribution in [0.25, 0.3) is 0 Å². The lowest BCUT2D eigenvalue weighted by Crippen LogP contribution is -2.72. The molecule has 0 aromatic heterocycles. The molecule has 1 aliphatic rings. The lowest BCUT2D eigenvalue weighted by Gasteiger charge is -2.49. The van der Waals surface area contributed by atoms with Crippen molar-refractivity contribution in [2.45, 2.75) is 13.5 Å². The molecule has 1 fully saturated rings. The molecule has 0 aliphatic carbocycles. The van der Waals surface area contributed by atoms with Crippen LogP contribution in [0.4, 0.5) is 4.79 Å². The van der Waals surface area contributed by atoms with E-state index in [2.05, 4.69) is 0 Å². The molecule has 0 bridgehead atoms. The van der Waals surface area contributed by atoms with Crippen molar-refractivity contribution in [1.82, 2.24) is 0 Å². The van der Waals surface area contributed by atoms with Gasteiger partial charge in [0, 0.05) is 5.56 Å². The molecule has 5 nitrogen and oxygen atoms in total. The van der Waals surface area contributed by atoms with Crippen molar-refractivity contribution in [3.8, 4) is 0 Å². The van der Waals surface area contributed by atoms with Gasteiger partial charge in [-0.2, -0.15) is 4.79 Å². The molecular formula is C13H16NO4+. The van der Waals surface area contributed by atoms with Crippen LogP contribution in [0.1, 0.15) is 12.5 Å². The number of amides is 1.